The van der Waals surface area contributed by atoms with Crippen molar-refractivity contribution in [1.29, 1.82) is 0 Å². The Labute approximate surface area is 198 Å². The van der Waals surface area contributed by atoms with Crippen LogP contribution in [0.5, 0.6) is 5.75 Å². The molecule has 0 fully saturated rings. The molecule has 0 spiro atoms. The van der Waals surface area contributed by atoms with Crippen LogP contribution in [0.2, 0.25) is 0 Å². The normalized spacial score (nSPS) is 11.2. The molecule has 1 aromatic heterocycles. The van der Waals surface area contributed by atoms with Crippen LogP contribution in [0.4, 0.5) is 24.0 Å². The second-order valence-corrected chi connectivity index (χ2v) is 8.39. The summed E-state index contributed by atoms with van der Waals surface area (Å²) in [6.07, 6.45) is -4.50. The highest BCUT2D eigenvalue weighted by Gasteiger charge is 2.31. The van der Waals surface area contributed by atoms with Crippen molar-refractivity contribution in [2.75, 3.05) is 11.5 Å². The Morgan fingerprint density at radius 2 is 1.88 bits per heavy atom. The average Bonchev–Trinajstić information content (AvgIpc) is 3.22. The number of alkyl halides is 3. The Morgan fingerprint density at radius 3 is 2.59 bits per heavy atom. The van der Waals surface area contributed by atoms with Gasteiger partial charge in [0.05, 0.1) is 30.0 Å². The van der Waals surface area contributed by atoms with Crippen molar-refractivity contribution in [3.05, 3.63) is 70.2 Å². The summed E-state index contributed by atoms with van der Waals surface area (Å²) in [4.78, 5) is 29.6. The largest absolute Gasteiger partial charge is 0.493 e. The van der Waals surface area contributed by atoms with Gasteiger partial charge in [-0.05, 0) is 49.2 Å². The molecular formula is C24H23F3N2O4S. The van der Waals surface area contributed by atoms with Gasteiger partial charge in [-0.3, -0.25) is 14.5 Å². The van der Waals surface area contributed by atoms with Crippen LogP contribution in [-0.4, -0.2) is 23.5 Å². The van der Waals surface area contributed by atoms with Crippen molar-refractivity contribution >= 4 is 34.0 Å². The number of aryl methyl sites for hydroxylation is 2. The number of benzene rings is 2. The van der Waals surface area contributed by atoms with Gasteiger partial charge in [0.2, 0.25) is 5.91 Å². The summed E-state index contributed by atoms with van der Waals surface area (Å²) in [5.41, 5.74) is 1.56. The van der Waals surface area contributed by atoms with Gasteiger partial charge < -0.3 is 9.47 Å². The fourth-order valence-corrected chi connectivity index (χ4v) is 3.92. The van der Waals surface area contributed by atoms with E-state index in [1.807, 2.05) is 32.0 Å². The first kappa shape index (κ1) is 25.2. The van der Waals surface area contributed by atoms with Gasteiger partial charge in [-0.1, -0.05) is 18.2 Å². The number of aromatic nitrogens is 1. The molecule has 0 aliphatic rings. The minimum absolute atomic E-state index is 0.0359. The first-order valence-corrected chi connectivity index (χ1v) is 11.2. The van der Waals surface area contributed by atoms with Crippen LogP contribution in [0.3, 0.4) is 0 Å². The molecule has 34 heavy (non-hydrogen) atoms. The molecule has 0 atom stereocenters. The van der Waals surface area contributed by atoms with Gasteiger partial charge in [-0.2, -0.15) is 13.2 Å². The number of thiazole rings is 1. The van der Waals surface area contributed by atoms with Gasteiger partial charge in [-0.15, -0.1) is 11.3 Å². The number of hydrogen-bond acceptors (Lipinski definition) is 6. The van der Waals surface area contributed by atoms with Crippen molar-refractivity contribution in [3.63, 3.8) is 0 Å². The van der Waals surface area contributed by atoms with Gasteiger partial charge in [0, 0.05) is 12.3 Å². The van der Waals surface area contributed by atoms with E-state index in [4.69, 9.17) is 9.47 Å². The van der Waals surface area contributed by atoms with E-state index < -0.39 is 23.6 Å². The van der Waals surface area contributed by atoms with E-state index in [2.05, 4.69) is 4.98 Å². The fourth-order valence-electron chi connectivity index (χ4n) is 3.05. The van der Waals surface area contributed by atoms with Gasteiger partial charge >= 0.3 is 12.1 Å². The number of rotatable bonds is 8. The molecule has 0 saturated carbocycles. The Balaban J connectivity index is 1.59. The van der Waals surface area contributed by atoms with Gasteiger partial charge in [0.15, 0.2) is 5.13 Å². The Bertz CT molecular complexity index is 1180. The van der Waals surface area contributed by atoms with Crippen LogP contribution in [0, 0.1) is 13.8 Å². The Hall–Kier alpha value is -3.40. The number of halogens is 3. The lowest BCUT2D eigenvalue weighted by atomic mass is 10.1. The summed E-state index contributed by atoms with van der Waals surface area (Å²) in [6, 6.07) is 10.2. The van der Waals surface area contributed by atoms with Crippen molar-refractivity contribution in [2.45, 2.75) is 40.0 Å². The monoisotopic (exact) mass is 492 g/mol. The third kappa shape index (κ3) is 6.57. The van der Waals surface area contributed by atoms with Crippen LogP contribution in [0.25, 0.3) is 0 Å². The molecule has 0 aliphatic heterocycles. The molecule has 2 aromatic carbocycles. The molecular weight excluding hydrogens is 469 g/mol. The summed E-state index contributed by atoms with van der Waals surface area (Å²) in [5, 5.41) is 1.76. The zero-order valence-electron chi connectivity index (χ0n) is 18.8. The van der Waals surface area contributed by atoms with Crippen molar-refractivity contribution in [2.24, 2.45) is 0 Å². The first-order chi connectivity index (χ1) is 16.0. The molecule has 0 radical (unpaired) electrons. The molecule has 10 heteroatoms. The summed E-state index contributed by atoms with van der Waals surface area (Å²) < 4.78 is 50.1. The second kappa shape index (κ2) is 10.7. The zero-order chi connectivity index (χ0) is 24.9. The number of carbonyl (C=O) groups excluding carboxylic acids is 2. The maximum absolute atomic E-state index is 13.1. The quantitative estimate of drug-likeness (QED) is 0.362. The number of carbonyl (C=O) groups is 2. The van der Waals surface area contributed by atoms with Crippen LogP contribution in [0.1, 0.15) is 35.7 Å². The molecule has 0 bridgehead atoms. The highest BCUT2D eigenvalue weighted by Crippen LogP contribution is 2.35. The predicted octanol–water partition coefficient (Wildman–Crippen LogP) is 5.98. The molecule has 180 valence electrons. The van der Waals surface area contributed by atoms with E-state index in [1.165, 1.54) is 19.1 Å². The molecule has 3 rings (SSSR count). The Kier molecular flexibility index (Phi) is 7.93. The van der Waals surface area contributed by atoms with Crippen LogP contribution < -0.4 is 9.64 Å². The van der Waals surface area contributed by atoms with Gasteiger partial charge in [0.25, 0.3) is 0 Å². The van der Waals surface area contributed by atoms with Crippen LogP contribution in [0.15, 0.2) is 47.8 Å². The minimum Gasteiger partial charge on any atom is -0.493 e. The van der Waals surface area contributed by atoms with E-state index in [0.717, 1.165) is 39.5 Å². The lowest BCUT2D eigenvalue weighted by Gasteiger charge is -2.19. The highest BCUT2D eigenvalue weighted by molar-refractivity contribution is 7.14. The summed E-state index contributed by atoms with van der Waals surface area (Å²) in [7, 11) is 0. The third-order valence-electron chi connectivity index (χ3n) is 4.77. The number of amides is 1. The summed E-state index contributed by atoms with van der Waals surface area (Å²) in [6.45, 7) is 5.11. The molecule has 0 N–H and O–H groups in total. The van der Waals surface area contributed by atoms with Crippen LogP contribution in [-0.2, 0) is 27.1 Å². The minimum atomic E-state index is -4.54. The highest BCUT2D eigenvalue weighted by atomic mass is 32.1. The van der Waals surface area contributed by atoms with Crippen LogP contribution >= 0.6 is 11.3 Å². The van der Waals surface area contributed by atoms with Crippen molar-refractivity contribution < 1.29 is 32.2 Å². The van der Waals surface area contributed by atoms with E-state index in [0.29, 0.717) is 11.4 Å². The number of nitrogens with zero attached hydrogens (tertiary/aromatic N) is 2. The standard InChI is InChI=1S/C24H23F3N2O4S/c1-15-7-8-16(2)21(11-15)32-10-9-22(31)33-13-19-14-34-23(28-19)29(17(3)30)20-6-4-5-18(12-20)24(25,26)27/h4-8,11-12,14H,9-10,13H2,1-3H3. The molecule has 6 nitrogen and oxygen atoms in total. The summed E-state index contributed by atoms with van der Waals surface area (Å²) in [5.74, 6) is -0.280. The SMILES string of the molecule is CC(=O)N(c1cccc(C(F)(F)F)c1)c1nc(COC(=O)CCOc2cc(C)ccc2C)cs1. The fraction of sp³-hybridized carbons (Fsp3) is 0.292. The maximum Gasteiger partial charge on any atom is 0.416 e. The van der Waals surface area contributed by atoms with E-state index in [-0.39, 0.29) is 30.5 Å². The van der Waals surface area contributed by atoms with Gasteiger partial charge in [-0.25, -0.2) is 4.98 Å². The lowest BCUT2D eigenvalue weighted by molar-refractivity contribution is -0.145. The zero-order valence-corrected chi connectivity index (χ0v) is 19.6. The van der Waals surface area contributed by atoms with Crippen molar-refractivity contribution in [1.82, 2.24) is 4.98 Å². The first-order valence-electron chi connectivity index (χ1n) is 10.3. The van der Waals surface area contributed by atoms with E-state index in [9.17, 15) is 22.8 Å². The molecule has 0 aliphatic carbocycles. The average molecular weight is 493 g/mol. The van der Waals surface area contributed by atoms with E-state index >= 15 is 0 Å². The number of ether oxygens (including phenoxy) is 2. The maximum atomic E-state index is 13.1. The predicted molar refractivity (Wildman–Crippen MR) is 122 cm³/mol. The topological polar surface area (TPSA) is 68.7 Å². The molecule has 1 amide bonds. The Morgan fingerprint density at radius 1 is 1.12 bits per heavy atom. The lowest BCUT2D eigenvalue weighted by Crippen LogP contribution is -2.23. The number of anilines is 2. The smallest absolute Gasteiger partial charge is 0.416 e. The number of esters is 1. The van der Waals surface area contributed by atoms with E-state index in [1.54, 1.807) is 5.38 Å². The molecule has 0 saturated heterocycles. The molecule has 3 aromatic rings. The second-order valence-electron chi connectivity index (χ2n) is 7.55. The summed E-state index contributed by atoms with van der Waals surface area (Å²) >= 11 is 1.06. The molecule has 0 unspecified atom stereocenters. The van der Waals surface area contributed by atoms with Crippen molar-refractivity contribution in [3.8, 4) is 5.75 Å². The van der Waals surface area contributed by atoms with Gasteiger partial charge in [0.1, 0.15) is 12.4 Å². The molecule has 1 heterocycles. The third-order valence-corrected chi connectivity index (χ3v) is 5.64. The number of hydrogen-bond donors (Lipinski definition) is 0.